The average molecular weight is 529 g/mol. The van der Waals surface area contributed by atoms with Crippen LogP contribution in [0, 0.1) is 0 Å². The van der Waals surface area contributed by atoms with Gasteiger partial charge < -0.3 is 25.3 Å². The van der Waals surface area contributed by atoms with E-state index in [1.54, 1.807) is 31.4 Å². The van der Waals surface area contributed by atoms with E-state index in [1.165, 1.54) is 0 Å². The summed E-state index contributed by atoms with van der Waals surface area (Å²) in [7, 11) is -2.08. The summed E-state index contributed by atoms with van der Waals surface area (Å²) in [6, 6.07) is 13.0. The molecule has 37 heavy (non-hydrogen) atoms. The third-order valence-electron chi connectivity index (χ3n) is 7.48. The predicted octanol–water partition coefficient (Wildman–Crippen LogP) is 3.26. The molecule has 1 aliphatic heterocycles. The van der Waals surface area contributed by atoms with Gasteiger partial charge in [0.15, 0.2) is 9.84 Å². The molecule has 2 aliphatic rings. The molecule has 200 valence electrons. The van der Waals surface area contributed by atoms with Crippen molar-refractivity contribution in [3.63, 3.8) is 0 Å². The first-order valence-corrected chi connectivity index (χ1v) is 14.2. The smallest absolute Gasteiger partial charge is 0.248 e. The Morgan fingerprint density at radius 2 is 2.11 bits per heavy atom. The Morgan fingerprint density at radius 1 is 1.30 bits per heavy atom. The van der Waals surface area contributed by atoms with E-state index in [4.69, 9.17) is 19.9 Å². The van der Waals surface area contributed by atoms with Gasteiger partial charge in [0.25, 0.3) is 0 Å². The maximum atomic E-state index is 14.4. The first-order valence-electron chi connectivity index (χ1n) is 12.6. The highest BCUT2D eigenvalue weighted by atomic mass is 32.2. The summed E-state index contributed by atoms with van der Waals surface area (Å²) in [6.45, 7) is 5.14. The first kappa shape index (κ1) is 27.2. The van der Waals surface area contributed by atoms with Crippen molar-refractivity contribution in [3.8, 4) is 5.75 Å². The number of methoxy groups -OCH3 is 1. The van der Waals surface area contributed by atoms with Crippen LogP contribution in [0.5, 0.6) is 5.75 Å². The van der Waals surface area contributed by atoms with Crippen LogP contribution < -0.4 is 15.8 Å². The molecule has 3 N–H and O–H groups in total. The molecule has 3 atom stereocenters. The van der Waals surface area contributed by atoms with E-state index >= 15 is 0 Å². The second-order valence-corrected chi connectivity index (χ2v) is 12.1. The van der Waals surface area contributed by atoms with Crippen LogP contribution in [0.1, 0.15) is 40.7 Å². The summed E-state index contributed by atoms with van der Waals surface area (Å²) in [5, 5.41) is 2.04. The van der Waals surface area contributed by atoms with Gasteiger partial charge in [-0.25, -0.2) is 8.42 Å². The number of benzene rings is 2. The summed E-state index contributed by atoms with van der Waals surface area (Å²) in [4.78, 5) is 11.8. The van der Waals surface area contributed by atoms with Gasteiger partial charge >= 0.3 is 0 Å². The molecule has 0 bridgehead atoms. The number of primary amides is 1. The van der Waals surface area contributed by atoms with Crippen LogP contribution >= 0.6 is 0 Å². The van der Waals surface area contributed by atoms with Gasteiger partial charge in [0.1, 0.15) is 12.4 Å². The molecule has 0 saturated heterocycles. The minimum absolute atomic E-state index is 0.101. The van der Waals surface area contributed by atoms with Gasteiger partial charge in [0.05, 0.1) is 41.4 Å². The summed E-state index contributed by atoms with van der Waals surface area (Å²) >= 11 is 0. The standard InChI is InChI=1S/C28H36N2O6S/c1-3-4-8-22(17-35-15-14-34-2)37(32,33)26-13-11-20-7-5-6-9-23(20)28(26)18-30-24-16-21(27(29)31)10-12-25(24)36-19-28/h3,5-7,9-10,12,16,22,26,30H,1,4,8,11,13-15,17-19H2,2H3,(H2,29,31)/t22-,26?,28?/m0/s1. The summed E-state index contributed by atoms with van der Waals surface area (Å²) in [5.41, 5.74) is 7.74. The average Bonchev–Trinajstić information content (AvgIpc) is 3.08. The van der Waals surface area contributed by atoms with Crippen molar-refractivity contribution in [3.05, 3.63) is 71.8 Å². The number of aryl methyl sites for hydroxylation is 1. The Balaban J connectivity index is 1.73. The molecule has 4 rings (SSSR count). The van der Waals surface area contributed by atoms with Crippen LogP contribution in [0.4, 0.5) is 5.69 Å². The highest BCUT2D eigenvalue weighted by Gasteiger charge is 2.53. The maximum absolute atomic E-state index is 14.4. The molecule has 0 aromatic heterocycles. The van der Waals surface area contributed by atoms with Crippen molar-refractivity contribution >= 4 is 21.4 Å². The van der Waals surface area contributed by atoms with E-state index in [2.05, 4.69) is 18.0 Å². The Hall–Kier alpha value is -2.88. The number of carbonyl (C=O) groups is 1. The lowest BCUT2D eigenvalue weighted by Gasteiger charge is -2.45. The quantitative estimate of drug-likeness (QED) is 0.340. The van der Waals surface area contributed by atoms with Crippen molar-refractivity contribution in [2.75, 3.05) is 45.4 Å². The van der Waals surface area contributed by atoms with Gasteiger partial charge in [-0.1, -0.05) is 30.3 Å². The number of anilines is 1. The first-order chi connectivity index (χ1) is 17.8. The number of hydrogen-bond acceptors (Lipinski definition) is 7. The molecule has 1 amide bonds. The molecule has 0 radical (unpaired) electrons. The third-order valence-corrected chi connectivity index (χ3v) is 10.3. The zero-order valence-corrected chi connectivity index (χ0v) is 22.1. The highest BCUT2D eigenvalue weighted by molar-refractivity contribution is 7.92. The minimum atomic E-state index is -3.67. The molecule has 2 unspecified atom stereocenters. The van der Waals surface area contributed by atoms with E-state index < -0.39 is 31.7 Å². The van der Waals surface area contributed by atoms with Gasteiger partial charge in [-0.15, -0.1) is 6.58 Å². The van der Waals surface area contributed by atoms with Crippen LogP contribution in [0.3, 0.4) is 0 Å². The van der Waals surface area contributed by atoms with Crippen molar-refractivity contribution in [2.45, 2.75) is 41.6 Å². The fourth-order valence-corrected chi connectivity index (χ4v) is 8.08. The molecule has 1 heterocycles. The second kappa shape index (κ2) is 11.7. The summed E-state index contributed by atoms with van der Waals surface area (Å²) in [5.74, 6) is 0.0257. The monoisotopic (exact) mass is 528 g/mol. The SMILES string of the molecule is C=CCC[C@@H](COCCOC)S(=O)(=O)C1CCc2ccccc2C12CNc1cc(C(N)=O)ccc1OC2. The lowest BCUT2D eigenvalue weighted by atomic mass is 9.70. The Bertz CT molecular complexity index is 1230. The summed E-state index contributed by atoms with van der Waals surface area (Å²) in [6.07, 6.45) is 3.90. The van der Waals surface area contributed by atoms with Gasteiger partial charge in [-0.3, -0.25) is 4.79 Å². The number of fused-ring (bicyclic) bond motifs is 3. The summed E-state index contributed by atoms with van der Waals surface area (Å²) < 4.78 is 45.8. The van der Waals surface area contributed by atoms with E-state index in [-0.39, 0.29) is 13.2 Å². The molecule has 9 heteroatoms. The van der Waals surface area contributed by atoms with Gasteiger partial charge in [-0.05, 0) is 55.0 Å². The van der Waals surface area contributed by atoms with E-state index in [0.29, 0.717) is 62.4 Å². The second-order valence-electron chi connectivity index (χ2n) is 9.70. The fraction of sp³-hybridized carbons (Fsp3) is 0.464. The third kappa shape index (κ3) is 5.54. The number of sulfone groups is 1. The van der Waals surface area contributed by atoms with Crippen molar-refractivity contribution < 1.29 is 27.4 Å². The molecular weight excluding hydrogens is 492 g/mol. The Labute approximate surface area is 219 Å². The van der Waals surface area contributed by atoms with E-state index in [1.807, 2.05) is 18.2 Å². The number of ether oxygens (including phenoxy) is 3. The Kier molecular flexibility index (Phi) is 8.56. The molecule has 2 aromatic rings. The number of nitrogens with two attached hydrogens (primary N) is 1. The van der Waals surface area contributed by atoms with Crippen molar-refractivity contribution in [2.24, 2.45) is 5.73 Å². The van der Waals surface area contributed by atoms with Crippen LogP contribution in [0.25, 0.3) is 0 Å². The lowest BCUT2D eigenvalue weighted by Crippen LogP contribution is -2.57. The van der Waals surface area contributed by atoms with E-state index in [0.717, 1.165) is 11.1 Å². The molecular formula is C28H36N2O6S. The number of amides is 1. The Morgan fingerprint density at radius 3 is 2.86 bits per heavy atom. The highest BCUT2D eigenvalue weighted by Crippen LogP contribution is 2.45. The molecule has 8 nitrogen and oxygen atoms in total. The number of rotatable bonds is 11. The number of nitrogens with one attached hydrogen (secondary N) is 1. The van der Waals surface area contributed by atoms with Crippen LogP contribution in [-0.2, 0) is 31.1 Å². The zero-order chi connectivity index (χ0) is 26.5. The van der Waals surface area contributed by atoms with Crippen LogP contribution in [0.15, 0.2) is 55.1 Å². The number of allylic oxidation sites excluding steroid dienone is 1. The molecule has 0 fully saturated rings. The molecule has 0 saturated carbocycles. The number of carbonyl (C=O) groups excluding carboxylic acids is 1. The van der Waals surface area contributed by atoms with Crippen LogP contribution in [0.2, 0.25) is 0 Å². The predicted molar refractivity (Wildman–Crippen MR) is 144 cm³/mol. The maximum Gasteiger partial charge on any atom is 0.248 e. The lowest BCUT2D eigenvalue weighted by molar-refractivity contribution is 0.0696. The minimum Gasteiger partial charge on any atom is -0.490 e. The fourth-order valence-electron chi connectivity index (χ4n) is 5.51. The number of hydrogen-bond donors (Lipinski definition) is 2. The van der Waals surface area contributed by atoms with Crippen molar-refractivity contribution in [1.29, 1.82) is 0 Å². The molecule has 1 aliphatic carbocycles. The van der Waals surface area contributed by atoms with Crippen LogP contribution in [-0.4, -0.2) is 64.9 Å². The molecule has 2 aromatic carbocycles. The zero-order valence-electron chi connectivity index (χ0n) is 21.3. The normalized spacial score (nSPS) is 21.6. The van der Waals surface area contributed by atoms with Crippen molar-refractivity contribution in [1.82, 2.24) is 0 Å². The van der Waals surface area contributed by atoms with Gasteiger partial charge in [0.2, 0.25) is 5.91 Å². The molecule has 1 spiro atoms. The van der Waals surface area contributed by atoms with Gasteiger partial charge in [-0.2, -0.15) is 0 Å². The topological polar surface area (TPSA) is 117 Å². The van der Waals surface area contributed by atoms with Gasteiger partial charge in [0, 0.05) is 19.2 Å². The van der Waals surface area contributed by atoms with E-state index in [9.17, 15) is 13.2 Å². The largest absolute Gasteiger partial charge is 0.490 e.